The predicted molar refractivity (Wildman–Crippen MR) is 118 cm³/mol. The van der Waals surface area contributed by atoms with Gasteiger partial charge in [0, 0.05) is 26.2 Å². The van der Waals surface area contributed by atoms with Crippen molar-refractivity contribution in [3.05, 3.63) is 53.1 Å². The average molecular weight is 452 g/mol. The minimum atomic E-state index is -3.57. The Morgan fingerprint density at radius 1 is 1.10 bits per heavy atom. The van der Waals surface area contributed by atoms with E-state index in [0.717, 1.165) is 5.56 Å². The molecule has 1 amide bonds. The first-order valence-electron chi connectivity index (χ1n) is 9.81. The Balaban J connectivity index is 1.54. The molecule has 0 spiro atoms. The monoisotopic (exact) mass is 451 g/mol. The summed E-state index contributed by atoms with van der Waals surface area (Å²) in [5, 5.41) is 3.31. The number of nitrogens with one attached hydrogen (secondary N) is 1. The van der Waals surface area contributed by atoms with Crippen molar-refractivity contribution in [3.63, 3.8) is 0 Å². The summed E-state index contributed by atoms with van der Waals surface area (Å²) in [6, 6.07) is 11.9. The quantitative estimate of drug-likeness (QED) is 0.700. The Morgan fingerprint density at radius 3 is 2.37 bits per heavy atom. The molecule has 1 heterocycles. The van der Waals surface area contributed by atoms with Crippen LogP contribution in [-0.2, 0) is 14.8 Å². The molecule has 1 saturated heterocycles. The molecule has 0 atom stereocenters. The fraction of sp³-hybridized carbons (Fsp3) is 0.381. The van der Waals surface area contributed by atoms with Crippen LogP contribution >= 0.6 is 11.6 Å². The SMILES string of the molecule is CCOc1ccc(S(=O)(=O)N2CCN(CC(=O)Nc3ccc(C)cc3Cl)CC2)cc1. The number of benzene rings is 2. The Bertz CT molecular complexity index is 988. The van der Waals surface area contributed by atoms with Gasteiger partial charge in [-0.05, 0) is 55.8 Å². The van der Waals surface area contributed by atoms with Crippen molar-refractivity contribution < 1.29 is 17.9 Å². The minimum Gasteiger partial charge on any atom is -0.494 e. The molecule has 30 heavy (non-hydrogen) atoms. The van der Waals surface area contributed by atoms with E-state index in [1.807, 2.05) is 24.8 Å². The number of anilines is 1. The summed E-state index contributed by atoms with van der Waals surface area (Å²) in [4.78, 5) is 14.5. The number of hydrogen-bond donors (Lipinski definition) is 1. The van der Waals surface area contributed by atoms with Crippen molar-refractivity contribution in [1.82, 2.24) is 9.21 Å². The smallest absolute Gasteiger partial charge is 0.243 e. The Hall–Kier alpha value is -2.13. The minimum absolute atomic E-state index is 0.177. The summed E-state index contributed by atoms with van der Waals surface area (Å²) in [5.74, 6) is 0.463. The number of carbonyl (C=O) groups is 1. The van der Waals surface area contributed by atoms with Gasteiger partial charge in [0.2, 0.25) is 15.9 Å². The number of piperazine rings is 1. The van der Waals surface area contributed by atoms with Crippen LogP contribution in [0.3, 0.4) is 0 Å². The Morgan fingerprint density at radius 2 is 1.77 bits per heavy atom. The first kappa shape index (κ1) is 22.6. The zero-order valence-electron chi connectivity index (χ0n) is 17.1. The van der Waals surface area contributed by atoms with Crippen LogP contribution < -0.4 is 10.1 Å². The number of amides is 1. The van der Waals surface area contributed by atoms with E-state index in [4.69, 9.17) is 16.3 Å². The Labute approximate surface area is 182 Å². The molecule has 1 fully saturated rings. The molecule has 9 heteroatoms. The van der Waals surface area contributed by atoms with Gasteiger partial charge in [0.05, 0.1) is 28.8 Å². The fourth-order valence-electron chi connectivity index (χ4n) is 3.27. The highest BCUT2D eigenvalue weighted by Crippen LogP contribution is 2.23. The van der Waals surface area contributed by atoms with Crippen LogP contribution in [0.4, 0.5) is 5.69 Å². The van der Waals surface area contributed by atoms with E-state index in [1.165, 1.54) is 4.31 Å². The largest absolute Gasteiger partial charge is 0.494 e. The van der Waals surface area contributed by atoms with Gasteiger partial charge in [0.1, 0.15) is 5.75 Å². The summed E-state index contributed by atoms with van der Waals surface area (Å²) in [7, 11) is -3.57. The summed E-state index contributed by atoms with van der Waals surface area (Å²) >= 11 is 6.16. The van der Waals surface area contributed by atoms with Crippen molar-refractivity contribution in [3.8, 4) is 5.75 Å². The topological polar surface area (TPSA) is 79.0 Å². The van der Waals surface area contributed by atoms with E-state index in [2.05, 4.69) is 5.32 Å². The number of hydrogen-bond acceptors (Lipinski definition) is 5. The molecule has 162 valence electrons. The van der Waals surface area contributed by atoms with Crippen LogP contribution in [0.2, 0.25) is 5.02 Å². The lowest BCUT2D eigenvalue weighted by Crippen LogP contribution is -2.50. The summed E-state index contributed by atoms with van der Waals surface area (Å²) in [5.41, 5.74) is 1.59. The number of halogens is 1. The average Bonchev–Trinajstić information content (AvgIpc) is 2.71. The number of nitrogens with zero attached hydrogens (tertiary/aromatic N) is 2. The van der Waals surface area contributed by atoms with E-state index >= 15 is 0 Å². The zero-order chi connectivity index (χ0) is 21.7. The third kappa shape index (κ3) is 5.51. The maximum absolute atomic E-state index is 12.9. The molecule has 1 aliphatic heterocycles. The summed E-state index contributed by atoms with van der Waals surface area (Å²) in [6.45, 7) is 6.12. The van der Waals surface area contributed by atoms with E-state index < -0.39 is 10.0 Å². The third-order valence-electron chi connectivity index (χ3n) is 4.87. The highest BCUT2D eigenvalue weighted by molar-refractivity contribution is 7.89. The lowest BCUT2D eigenvalue weighted by molar-refractivity contribution is -0.117. The summed E-state index contributed by atoms with van der Waals surface area (Å²) < 4.78 is 32.5. The van der Waals surface area contributed by atoms with Gasteiger partial charge in [-0.25, -0.2) is 8.42 Å². The molecular weight excluding hydrogens is 426 g/mol. The second kappa shape index (κ2) is 9.78. The van der Waals surface area contributed by atoms with Crippen LogP contribution in [0, 0.1) is 6.92 Å². The second-order valence-electron chi connectivity index (χ2n) is 7.12. The van der Waals surface area contributed by atoms with Gasteiger partial charge < -0.3 is 10.1 Å². The molecule has 1 aliphatic rings. The first-order chi connectivity index (χ1) is 14.3. The van der Waals surface area contributed by atoms with Gasteiger partial charge in [-0.1, -0.05) is 17.7 Å². The molecular formula is C21H26ClN3O4S. The van der Waals surface area contributed by atoms with E-state index in [9.17, 15) is 13.2 Å². The molecule has 0 unspecified atom stereocenters. The van der Waals surface area contributed by atoms with Gasteiger partial charge in [-0.3, -0.25) is 9.69 Å². The van der Waals surface area contributed by atoms with Gasteiger partial charge in [-0.2, -0.15) is 4.31 Å². The maximum Gasteiger partial charge on any atom is 0.243 e. The maximum atomic E-state index is 12.9. The van der Waals surface area contributed by atoms with Crippen molar-refractivity contribution in [1.29, 1.82) is 0 Å². The van der Waals surface area contributed by atoms with Crippen LogP contribution in [0.25, 0.3) is 0 Å². The molecule has 0 bridgehead atoms. The van der Waals surface area contributed by atoms with Crippen LogP contribution in [0.5, 0.6) is 5.75 Å². The van der Waals surface area contributed by atoms with Gasteiger partial charge in [0.15, 0.2) is 0 Å². The van der Waals surface area contributed by atoms with E-state index in [-0.39, 0.29) is 17.3 Å². The second-order valence-corrected chi connectivity index (χ2v) is 9.46. The zero-order valence-corrected chi connectivity index (χ0v) is 18.7. The molecule has 0 aromatic heterocycles. The van der Waals surface area contributed by atoms with Crippen LogP contribution in [0.15, 0.2) is 47.4 Å². The van der Waals surface area contributed by atoms with Crippen molar-refractivity contribution in [2.45, 2.75) is 18.7 Å². The molecule has 2 aromatic carbocycles. The molecule has 2 aromatic rings. The number of rotatable bonds is 7. The fourth-order valence-corrected chi connectivity index (χ4v) is 4.97. The van der Waals surface area contributed by atoms with Crippen molar-refractivity contribution in [2.75, 3.05) is 44.6 Å². The normalized spacial score (nSPS) is 15.7. The number of ether oxygens (including phenoxy) is 1. The van der Waals surface area contributed by atoms with E-state index in [0.29, 0.717) is 49.2 Å². The first-order valence-corrected chi connectivity index (χ1v) is 11.6. The lowest BCUT2D eigenvalue weighted by atomic mass is 10.2. The Kier molecular flexibility index (Phi) is 7.36. The molecule has 3 rings (SSSR count). The van der Waals surface area contributed by atoms with Gasteiger partial charge >= 0.3 is 0 Å². The molecule has 0 radical (unpaired) electrons. The number of sulfonamides is 1. The van der Waals surface area contributed by atoms with Crippen molar-refractivity contribution >= 4 is 33.2 Å². The standard InChI is InChI=1S/C21H26ClN3O4S/c1-3-29-17-5-7-18(8-6-17)30(27,28)25-12-10-24(11-13-25)15-21(26)23-20-9-4-16(2)14-19(20)22/h4-9,14H,3,10-13,15H2,1-2H3,(H,23,26). The highest BCUT2D eigenvalue weighted by atomic mass is 35.5. The predicted octanol–water partition coefficient (Wildman–Crippen LogP) is 2.99. The van der Waals surface area contributed by atoms with E-state index in [1.54, 1.807) is 36.4 Å². The molecule has 7 nitrogen and oxygen atoms in total. The van der Waals surface area contributed by atoms with Crippen molar-refractivity contribution in [2.24, 2.45) is 0 Å². The van der Waals surface area contributed by atoms with Crippen LogP contribution in [-0.4, -0.2) is 62.9 Å². The molecule has 0 aliphatic carbocycles. The number of carbonyl (C=O) groups excluding carboxylic acids is 1. The summed E-state index contributed by atoms with van der Waals surface area (Å²) in [6.07, 6.45) is 0. The lowest BCUT2D eigenvalue weighted by Gasteiger charge is -2.33. The third-order valence-corrected chi connectivity index (χ3v) is 7.10. The molecule has 0 saturated carbocycles. The van der Waals surface area contributed by atoms with Gasteiger partial charge in [0.25, 0.3) is 0 Å². The molecule has 1 N–H and O–H groups in total. The number of aryl methyl sites for hydroxylation is 1. The van der Waals surface area contributed by atoms with Crippen LogP contribution in [0.1, 0.15) is 12.5 Å². The highest BCUT2D eigenvalue weighted by Gasteiger charge is 2.29. The van der Waals surface area contributed by atoms with Gasteiger partial charge in [-0.15, -0.1) is 0 Å².